The predicted molar refractivity (Wildman–Crippen MR) is 127 cm³/mol. The Labute approximate surface area is 199 Å². The number of aromatic carboxylic acids is 1. The summed E-state index contributed by atoms with van der Waals surface area (Å²) in [7, 11) is 0. The summed E-state index contributed by atoms with van der Waals surface area (Å²) < 4.78 is 7.12. The second kappa shape index (κ2) is 8.81. The molecule has 0 bridgehead atoms. The highest BCUT2D eigenvalue weighted by Gasteiger charge is 2.27. The summed E-state index contributed by atoms with van der Waals surface area (Å²) in [5.74, 6) is -1.79. The maximum Gasteiger partial charge on any atom is 0.339 e. The van der Waals surface area contributed by atoms with E-state index in [1.807, 2.05) is 18.2 Å². The van der Waals surface area contributed by atoms with E-state index in [4.69, 9.17) is 16.3 Å². The number of imidazole rings is 1. The third-order valence-corrected chi connectivity index (χ3v) is 6.14. The number of aromatic hydroxyl groups is 1. The third kappa shape index (κ3) is 3.76. The topological polar surface area (TPSA) is 104 Å². The number of halogens is 1. The van der Waals surface area contributed by atoms with Crippen LogP contribution in [0.1, 0.15) is 26.5 Å². The number of hydrogen-bond donors (Lipinski definition) is 2. The number of carboxylic acid groups (broad SMARTS) is 1. The van der Waals surface area contributed by atoms with Gasteiger partial charge in [0, 0.05) is 30.5 Å². The Morgan fingerprint density at radius 1 is 1.03 bits per heavy atom. The molecule has 2 aromatic carbocycles. The van der Waals surface area contributed by atoms with Crippen molar-refractivity contribution < 1.29 is 24.5 Å². The van der Waals surface area contributed by atoms with E-state index >= 15 is 0 Å². The van der Waals surface area contributed by atoms with Crippen LogP contribution in [0.4, 0.5) is 5.69 Å². The molecular weight excluding hydrogens is 458 g/mol. The standard InChI is InChI=1S/C25H20ClN3O5/c26-17-4-3-6-18(28-10-12-34-13-11-28)21(17)23(31)24-27-22(19-5-1-2-9-29(19)24)15-7-8-16(25(32)33)20(30)14-15/h1-9,14,30H,10-13H2,(H,32,33). The van der Waals surface area contributed by atoms with E-state index in [0.717, 1.165) is 5.69 Å². The maximum absolute atomic E-state index is 13.8. The number of morpholine rings is 1. The maximum atomic E-state index is 13.8. The second-order valence-corrected chi connectivity index (χ2v) is 8.25. The number of benzene rings is 2. The first-order valence-corrected chi connectivity index (χ1v) is 11.0. The van der Waals surface area contributed by atoms with Crippen LogP contribution < -0.4 is 4.90 Å². The lowest BCUT2D eigenvalue weighted by Gasteiger charge is -2.30. The van der Waals surface area contributed by atoms with Gasteiger partial charge in [0.25, 0.3) is 0 Å². The van der Waals surface area contributed by atoms with Crippen molar-refractivity contribution in [1.82, 2.24) is 9.38 Å². The Hall–Kier alpha value is -3.88. The normalized spacial score (nSPS) is 13.9. The molecule has 4 aromatic rings. The molecule has 0 saturated carbocycles. The number of ether oxygens (including phenoxy) is 1. The molecule has 8 nitrogen and oxygen atoms in total. The molecular formula is C25H20ClN3O5. The van der Waals surface area contributed by atoms with Gasteiger partial charge in [-0.2, -0.15) is 0 Å². The highest BCUT2D eigenvalue weighted by molar-refractivity contribution is 6.35. The molecule has 0 atom stereocenters. The van der Waals surface area contributed by atoms with Gasteiger partial charge in [0.05, 0.1) is 35.0 Å². The summed E-state index contributed by atoms with van der Waals surface area (Å²) in [6.07, 6.45) is 1.73. The molecule has 0 unspecified atom stereocenters. The van der Waals surface area contributed by atoms with Crippen molar-refractivity contribution >= 4 is 34.6 Å². The van der Waals surface area contributed by atoms with Gasteiger partial charge in [0.1, 0.15) is 11.3 Å². The number of fused-ring (bicyclic) bond motifs is 1. The zero-order valence-corrected chi connectivity index (χ0v) is 18.7. The van der Waals surface area contributed by atoms with Crippen LogP contribution >= 0.6 is 11.6 Å². The van der Waals surface area contributed by atoms with E-state index in [9.17, 15) is 19.8 Å². The molecule has 0 radical (unpaired) electrons. The molecule has 172 valence electrons. The van der Waals surface area contributed by atoms with Crippen LogP contribution in [-0.2, 0) is 4.74 Å². The third-order valence-electron chi connectivity index (χ3n) is 5.82. The Balaban J connectivity index is 1.65. The van der Waals surface area contributed by atoms with Crippen LogP contribution in [0.5, 0.6) is 5.75 Å². The lowest BCUT2D eigenvalue weighted by Crippen LogP contribution is -2.37. The molecule has 1 aliphatic heterocycles. The Morgan fingerprint density at radius 2 is 1.82 bits per heavy atom. The summed E-state index contributed by atoms with van der Waals surface area (Å²) in [6.45, 7) is 2.41. The van der Waals surface area contributed by atoms with E-state index in [2.05, 4.69) is 9.88 Å². The molecule has 1 saturated heterocycles. The molecule has 1 aliphatic rings. The SMILES string of the molecule is O=C(O)c1ccc(-c2nc(C(=O)c3c(Cl)cccc3N3CCOCC3)n3ccccc23)cc1O. The molecule has 2 N–H and O–H groups in total. The number of ketones is 1. The molecule has 0 aliphatic carbocycles. The Morgan fingerprint density at radius 3 is 2.56 bits per heavy atom. The van der Waals surface area contributed by atoms with Gasteiger partial charge in [0.2, 0.25) is 5.78 Å². The highest BCUT2D eigenvalue weighted by Crippen LogP contribution is 2.33. The number of anilines is 1. The smallest absolute Gasteiger partial charge is 0.339 e. The van der Waals surface area contributed by atoms with Gasteiger partial charge >= 0.3 is 5.97 Å². The van der Waals surface area contributed by atoms with Crippen LogP contribution in [0.15, 0.2) is 60.8 Å². The number of nitrogens with zero attached hydrogens (tertiary/aromatic N) is 3. The molecule has 0 spiro atoms. The molecule has 5 rings (SSSR count). The minimum absolute atomic E-state index is 0.162. The van der Waals surface area contributed by atoms with Crippen LogP contribution in [0.2, 0.25) is 5.02 Å². The zero-order chi connectivity index (χ0) is 23.8. The zero-order valence-electron chi connectivity index (χ0n) is 17.9. The average Bonchev–Trinajstić information content (AvgIpc) is 3.23. The number of carbonyl (C=O) groups excluding carboxylic acids is 1. The number of aromatic nitrogens is 2. The van der Waals surface area contributed by atoms with Crippen molar-refractivity contribution in [3.05, 3.63) is 82.8 Å². The quantitative estimate of drug-likeness (QED) is 0.416. The Bertz CT molecular complexity index is 1430. The van der Waals surface area contributed by atoms with Gasteiger partial charge < -0.3 is 19.8 Å². The number of pyridine rings is 1. The van der Waals surface area contributed by atoms with Gasteiger partial charge in [-0.25, -0.2) is 9.78 Å². The monoisotopic (exact) mass is 477 g/mol. The summed E-state index contributed by atoms with van der Waals surface area (Å²) in [4.78, 5) is 31.8. The number of rotatable bonds is 5. The van der Waals surface area contributed by atoms with Crippen molar-refractivity contribution in [3.8, 4) is 17.0 Å². The number of carboxylic acids is 1. The Kier molecular flexibility index (Phi) is 5.69. The van der Waals surface area contributed by atoms with Crippen LogP contribution in [0, 0.1) is 0 Å². The van der Waals surface area contributed by atoms with Gasteiger partial charge in [0.15, 0.2) is 5.82 Å². The fourth-order valence-electron chi connectivity index (χ4n) is 4.19. The lowest BCUT2D eigenvalue weighted by molar-refractivity contribution is 0.0693. The molecule has 1 fully saturated rings. The first kappa shape index (κ1) is 21.9. The number of carbonyl (C=O) groups is 2. The van der Waals surface area contributed by atoms with Crippen molar-refractivity contribution in [2.45, 2.75) is 0 Å². The number of hydrogen-bond acceptors (Lipinski definition) is 6. The largest absolute Gasteiger partial charge is 0.507 e. The molecule has 3 heterocycles. The fourth-order valence-corrected chi connectivity index (χ4v) is 4.44. The van der Waals surface area contributed by atoms with E-state index in [1.165, 1.54) is 12.1 Å². The van der Waals surface area contributed by atoms with Gasteiger partial charge in [-0.3, -0.25) is 9.20 Å². The summed E-state index contributed by atoms with van der Waals surface area (Å²) >= 11 is 6.53. The van der Waals surface area contributed by atoms with Crippen molar-refractivity contribution in [3.63, 3.8) is 0 Å². The first-order chi connectivity index (χ1) is 16.5. The number of phenols is 1. The fraction of sp³-hybridized carbons (Fsp3) is 0.160. The van der Waals surface area contributed by atoms with E-state index in [1.54, 1.807) is 34.9 Å². The van der Waals surface area contributed by atoms with Crippen LogP contribution in [0.25, 0.3) is 16.8 Å². The summed E-state index contributed by atoms with van der Waals surface area (Å²) in [5, 5.41) is 19.7. The van der Waals surface area contributed by atoms with Crippen molar-refractivity contribution in [2.24, 2.45) is 0 Å². The van der Waals surface area contributed by atoms with Crippen LogP contribution in [0.3, 0.4) is 0 Å². The van der Waals surface area contributed by atoms with Crippen molar-refractivity contribution in [1.29, 1.82) is 0 Å². The van der Waals surface area contributed by atoms with Crippen molar-refractivity contribution in [2.75, 3.05) is 31.2 Å². The first-order valence-electron chi connectivity index (χ1n) is 10.7. The highest BCUT2D eigenvalue weighted by atomic mass is 35.5. The second-order valence-electron chi connectivity index (χ2n) is 7.84. The molecule has 2 aromatic heterocycles. The van der Waals surface area contributed by atoms with E-state index < -0.39 is 5.97 Å². The molecule has 34 heavy (non-hydrogen) atoms. The lowest BCUT2D eigenvalue weighted by atomic mass is 10.1. The summed E-state index contributed by atoms with van der Waals surface area (Å²) in [6, 6.07) is 15.0. The molecule has 0 amide bonds. The minimum Gasteiger partial charge on any atom is -0.507 e. The average molecular weight is 478 g/mol. The minimum atomic E-state index is -1.23. The molecule has 9 heteroatoms. The summed E-state index contributed by atoms with van der Waals surface area (Å²) in [5.41, 5.74) is 2.42. The van der Waals surface area contributed by atoms with E-state index in [-0.39, 0.29) is 22.9 Å². The predicted octanol–water partition coefficient (Wildman–Crippen LogP) is 4.13. The van der Waals surface area contributed by atoms with Gasteiger partial charge in [-0.1, -0.05) is 29.8 Å². The van der Waals surface area contributed by atoms with Crippen LogP contribution in [-0.4, -0.2) is 57.7 Å². The van der Waals surface area contributed by atoms with E-state index in [0.29, 0.717) is 53.7 Å². The van der Waals surface area contributed by atoms with Gasteiger partial charge in [-0.05, 0) is 36.4 Å². The van der Waals surface area contributed by atoms with Gasteiger partial charge in [-0.15, -0.1) is 0 Å².